The average Bonchev–Trinajstić information content (AvgIpc) is 2.20. The monoisotopic (exact) mass is 230 g/mol. The van der Waals surface area contributed by atoms with Gasteiger partial charge in [-0.1, -0.05) is 94.4 Å². The molecular formula is C16H38. The molecule has 102 valence electrons. The van der Waals surface area contributed by atoms with Crippen LogP contribution in [0.5, 0.6) is 0 Å². The summed E-state index contributed by atoms with van der Waals surface area (Å²) in [5, 5.41) is 0. The smallest absolute Gasteiger partial charge is 0.0354 e. The Labute approximate surface area is 106 Å². The molecule has 0 spiro atoms. The Morgan fingerprint density at radius 2 is 1.00 bits per heavy atom. The van der Waals surface area contributed by atoms with Gasteiger partial charge in [0.1, 0.15) is 0 Å². The molecule has 0 aromatic heterocycles. The molecule has 0 bridgehead atoms. The van der Waals surface area contributed by atoms with Crippen LogP contribution in [0, 0.1) is 11.3 Å². The summed E-state index contributed by atoms with van der Waals surface area (Å²) in [5.74, 6) is 0.928. The van der Waals surface area contributed by atoms with Crippen molar-refractivity contribution in [3.63, 3.8) is 0 Å². The van der Waals surface area contributed by atoms with E-state index in [0.29, 0.717) is 5.41 Å². The van der Waals surface area contributed by atoms with Gasteiger partial charge in [0.15, 0.2) is 0 Å². The normalized spacial score (nSPS) is 10.1. The molecule has 0 aliphatic rings. The van der Waals surface area contributed by atoms with E-state index in [-0.39, 0.29) is 0 Å². The molecule has 0 atom stereocenters. The molecule has 0 aromatic carbocycles. The van der Waals surface area contributed by atoms with Gasteiger partial charge >= 0.3 is 0 Å². The van der Waals surface area contributed by atoms with Crippen molar-refractivity contribution < 1.29 is 0 Å². The summed E-state index contributed by atoms with van der Waals surface area (Å²) in [4.78, 5) is 0. The lowest BCUT2D eigenvalue weighted by Crippen LogP contribution is -2.19. The van der Waals surface area contributed by atoms with Crippen LogP contribution in [-0.4, -0.2) is 0 Å². The summed E-state index contributed by atoms with van der Waals surface area (Å²) < 4.78 is 0. The van der Waals surface area contributed by atoms with Gasteiger partial charge < -0.3 is 0 Å². The minimum Gasteiger partial charge on any atom is -0.0683 e. The minimum absolute atomic E-state index is 0.520. The van der Waals surface area contributed by atoms with E-state index < -0.39 is 0 Å². The fourth-order valence-electron chi connectivity index (χ4n) is 1.71. The summed E-state index contributed by atoms with van der Waals surface area (Å²) in [6, 6.07) is 0. The molecule has 0 aliphatic heterocycles. The van der Waals surface area contributed by atoms with E-state index in [2.05, 4.69) is 48.5 Å². The molecule has 0 rings (SSSR count). The van der Waals surface area contributed by atoms with Crippen LogP contribution >= 0.6 is 0 Å². The minimum atomic E-state index is 0.520. The molecule has 0 radical (unpaired) electrons. The second-order valence-corrected chi connectivity index (χ2v) is 5.35. The molecule has 0 heterocycles. The Bertz CT molecular complexity index is 91.1. The van der Waals surface area contributed by atoms with Gasteiger partial charge in [-0.15, -0.1) is 0 Å². The second-order valence-electron chi connectivity index (χ2n) is 5.35. The first-order valence-corrected chi connectivity index (χ1v) is 7.43. The lowest BCUT2D eigenvalue weighted by Gasteiger charge is -2.30. The average molecular weight is 230 g/mol. The zero-order valence-electron chi connectivity index (χ0n) is 13.6. The van der Waals surface area contributed by atoms with E-state index in [0.717, 1.165) is 5.92 Å². The fraction of sp³-hybridized carbons (Fsp3) is 1.00. The fourth-order valence-corrected chi connectivity index (χ4v) is 1.71. The zero-order valence-corrected chi connectivity index (χ0v) is 13.6. The highest BCUT2D eigenvalue weighted by atomic mass is 14.3. The molecule has 0 heteroatoms. The molecule has 0 aliphatic carbocycles. The van der Waals surface area contributed by atoms with Gasteiger partial charge in [0.2, 0.25) is 0 Å². The molecule has 0 aromatic rings. The van der Waals surface area contributed by atoms with Crippen molar-refractivity contribution in [2.45, 2.75) is 94.4 Å². The molecule has 0 saturated carbocycles. The Kier molecular flexibility index (Phi) is 20.0. The van der Waals surface area contributed by atoms with Crippen LogP contribution in [0.15, 0.2) is 0 Å². The van der Waals surface area contributed by atoms with Crippen LogP contribution in [0.25, 0.3) is 0 Å². The Morgan fingerprint density at radius 3 is 1.12 bits per heavy atom. The lowest BCUT2D eigenvalue weighted by atomic mass is 9.76. The Balaban J connectivity index is -0.000000289. The second kappa shape index (κ2) is 15.0. The maximum Gasteiger partial charge on any atom is -0.0354 e. The third-order valence-corrected chi connectivity index (χ3v) is 2.50. The molecule has 16 heavy (non-hydrogen) atoms. The van der Waals surface area contributed by atoms with Gasteiger partial charge in [0.25, 0.3) is 0 Å². The van der Waals surface area contributed by atoms with E-state index in [1.54, 1.807) is 0 Å². The molecular weight excluding hydrogens is 192 g/mol. The predicted molar refractivity (Wildman–Crippen MR) is 80.1 cm³/mol. The van der Waals surface area contributed by atoms with Gasteiger partial charge in [0, 0.05) is 0 Å². The number of rotatable bonds is 4. The van der Waals surface area contributed by atoms with E-state index in [4.69, 9.17) is 0 Å². The van der Waals surface area contributed by atoms with Crippen LogP contribution in [0.3, 0.4) is 0 Å². The number of hydrogen-bond donors (Lipinski definition) is 0. The SMILES string of the molecule is CC.CCC.CCCC(CCC)C(C)(C)C. The van der Waals surface area contributed by atoms with Gasteiger partial charge in [-0.3, -0.25) is 0 Å². The standard InChI is InChI=1S/C11H24.C3H8.C2H6/c1-6-8-10(9-7-2)11(3,4)5;1-3-2;1-2/h10H,6-9H2,1-5H3;3H2,1-2H3;1-2H3. The maximum atomic E-state index is 2.36. The third-order valence-electron chi connectivity index (χ3n) is 2.50. The summed E-state index contributed by atoms with van der Waals surface area (Å²) in [7, 11) is 0. The topological polar surface area (TPSA) is 0 Å². The summed E-state index contributed by atoms with van der Waals surface area (Å²) in [5.41, 5.74) is 0.520. The largest absolute Gasteiger partial charge is 0.0683 e. The Morgan fingerprint density at radius 1 is 0.750 bits per heavy atom. The van der Waals surface area contributed by atoms with Crippen LogP contribution in [0.2, 0.25) is 0 Å². The van der Waals surface area contributed by atoms with Gasteiger partial charge in [0.05, 0.1) is 0 Å². The zero-order chi connectivity index (χ0) is 13.6. The molecule has 0 nitrogen and oxygen atoms in total. The summed E-state index contributed by atoms with van der Waals surface area (Å²) in [6.45, 7) is 19.9. The van der Waals surface area contributed by atoms with E-state index in [9.17, 15) is 0 Å². The molecule has 0 saturated heterocycles. The highest BCUT2D eigenvalue weighted by Crippen LogP contribution is 2.32. The van der Waals surface area contributed by atoms with E-state index >= 15 is 0 Å². The lowest BCUT2D eigenvalue weighted by molar-refractivity contribution is 0.209. The predicted octanol–water partition coefficient (Wildman–Crippen LogP) is 6.69. The Hall–Kier alpha value is 0. The summed E-state index contributed by atoms with van der Waals surface area (Å²) >= 11 is 0. The van der Waals surface area contributed by atoms with Crippen molar-refractivity contribution in [2.75, 3.05) is 0 Å². The first-order valence-electron chi connectivity index (χ1n) is 7.43. The van der Waals surface area contributed by atoms with Crippen molar-refractivity contribution in [1.29, 1.82) is 0 Å². The van der Waals surface area contributed by atoms with E-state index in [1.807, 2.05) is 13.8 Å². The van der Waals surface area contributed by atoms with Crippen LogP contribution in [0.1, 0.15) is 94.4 Å². The third kappa shape index (κ3) is 16.4. The molecule has 0 unspecified atom stereocenters. The van der Waals surface area contributed by atoms with Crippen LogP contribution < -0.4 is 0 Å². The first kappa shape index (κ1) is 21.3. The highest BCUT2D eigenvalue weighted by molar-refractivity contribution is 4.72. The highest BCUT2D eigenvalue weighted by Gasteiger charge is 2.22. The van der Waals surface area contributed by atoms with Crippen molar-refractivity contribution >= 4 is 0 Å². The molecule has 0 amide bonds. The van der Waals surface area contributed by atoms with Crippen molar-refractivity contribution in [3.8, 4) is 0 Å². The van der Waals surface area contributed by atoms with Crippen LogP contribution in [-0.2, 0) is 0 Å². The van der Waals surface area contributed by atoms with E-state index in [1.165, 1.54) is 32.1 Å². The van der Waals surface area contributed by atoms with Crippen LogP contribution in [0.4, 0.5) is 0 Å². The van der Waals surface area contributed by atoms with Gasteiger partial charge in [-0.2, -0.15) is 0 Å². The quantitative estimate of drug-likeness (QED) is 0.504. The van der Waals surface area contributed by atoms with Gasteiger partial charge in [-0.25, -0.2) is 0 Å². The number of hydrogen-bond acceptors (Lipinski definition) is 0. The van der Waals surface area contributed by atoms with Crippen molar-refractivity contribution in [2.24, 2.45) is 11.3 Å². The van der Waals surface area contributed by atoms with Crippen molar-refractivity contribution in [3.05, 3.63) is 0 Å². The summed E-state index contributed by atoms with van der Waals surface area (Å²) in [6.07, 6.45) is 6.72. The molecule has 0 N–H and O–H groups in total. The van der Waals surface area contributed by atoms with Crippen molar-refractivity contribution in [1.82, 2.24) is 0 Å². The molecule has 0 fully saturated rings. The first-order chi connectivity index (χ1) is 7.43. The maximum absolute atomic E-state index is 2.36. The van der Waals surface area contributed by atoms with Gasteiger partial charge in [-0.05, 0) is 11.3 Å².